The zero-order chi connectivity index (χ0) is 31.9. The van der Waals surface area contributed by atoms with Crippen LogP contribution in [-0.2, 0) is 33.8 Å². The van der Waals surface area contributed by atoms with Gasteiger partial charge in [0.15, 0.2) is 16.4 Å². The van der Waals surface area contributed by atoms with Crippen LogP contribution in [0.25, 0.3) is 0 Å². The Morgan fingerprint density at radius 3 is 2.23 bits per heavy atom. The Labute approximate surface area is 255 Å². The lowest BCUT2D eigenvalue weighted by atomic mass is 9.93. The topological polar surface area (TPSA) is 100 Å². The van der Waals surface area contributed by atoms with E-state index in [9.17, 15) is 21.6 Å². The number of benzene rings is 3. The molecule has 2 aliphatic heterocycles. The summed E-state index contributed by atoms with van der Waals surface area (Å²) in [5.41, 5.74) is 5.89. The van der Waals surface area contributed by atoms with Crippen LogP contribution in [0, 0.1) is 5.92 Å². The van der Waals surface area contributed by atoms with Gasteiger partial charge in [0, 0.05) is 19.2 Å². The van der Waals surface area contributed by atoms with E-state index in [1.54, 1.807) is 35.2 Å². The molecule has 2 heterocycles. The fourth-order valence-corrected chi connectivity index (χ4v) is 8.34. The standard InChI is InChI=1S/C32H37F3N2O6S/c1-21(2)15-29-31(37(19-36)30(3,4)43-29,44(38,39)26-13-14-27-28(16-26)42-20-41-27)17-22-7-11-25(12-8-22)40-18-23-5-9-24(10-6-23)32(33,34)35/h5-14,16,21,29H,15,17-20,36H2,1-4H3/t29-,31+/m1/s1. The van der Waals surface area contributed by atoms with Crippen molar-refractivity contribution in [2.75, 3.05) is 13.5 Å². The maximum Gasteiger partial charge on any atom is 0.416 e. The Hall–Kier alpha value is -3.32. The molecule has 1 saturated heterocycles. The second-order valence-corrected chi connectivity index (χ2v) is 14.1. The third-order valence-electron chi connectivity index (χ3n) is 8.10. The number of nitrogens with zero attached hydrogens (tertiary/aromatic N) is 1. The van der Waals surface area contributed by atoms with Crippen LogP contribution in [0.3, 0.4) is 0 Å². The van der Waals surface area contributed by atoms with Gasteiger partial charge >= 0.3 is 6.18 Å². The highest BCUT2D eigenvalue weighted by molar-refractivity contribution is 7.92. The quantitative estimate of drug-likeness (QED) is 0.285. The first-order valence-electron chi connectivity index (χ1n) is 14.3. The SMILES string of the molecule is CC(C)C[C@H]1OC(C)(C)N(CN)[C@@]1(Cc1ccc(OCc2ccc(C(F)(F)F)cc2)cc1)S(=O)(=O)c1ccc2c(c1)OCO2. The molecule has 0 aromatic heterocycles. The van der Waals surface area contributed by atoms with Crippen molar-refractivity contribution in [2.24, 2.45) is 11.7 Å². The van der Waals surface area contributed by atoms with Gasteiger partial charge in [-0.3, -0.25) is 0 Å². The first kappa shape index (κ1) is 32.1. The van der Waals surface area contributed by atoms with Crippen molar-refractivity contribution >= 4 is 9.84 Å². The molecule has 0 amide bonds. The molecule has 238 valence electrons. The molecule has 0 radical (unpaired) electrons. The molecule has 0 aliphatic carbocycles. The summed E-state index contributed by atoms with van der Waals surface area (Å²) >= 11 is 0. The first-order chi connectivity index (χ1) is 20.7. The second kappa shape index (κ2) is 11.9. The molecule has 8 nitrogen and oxygen atoms in total. The highest BCUT2D eigenvalue weighted by Gasteiger charge is 2.65. The summed E-state index contributed by atoms with van der Waals surface area (Å²) in [6.07, 6.45) is -4.58. The van der Waals surface area contributed by atoms with Gasteiger partial charge in [-0.2, -0.15) is 13.2 Å². The molecule has 0 unspecified atom stereocenters. The number of fused-ring (bicyclic) bond motifs is 1. The molecule has 12 heteroatoms. The Bertz CT molecular complexity index is 1580. The van der Waals surface area contributed by atoms with Gasteiger partial charge in [0.1, 0.15) is 18.1 Å². The summed E-state index contributed by atoms with van der Waals surface area (Å²) in [6, 6.07) is 16.4. The van der Waals surface area contributed by atoms with Crippen molar-refractivity contribution in [1.82, 2.24) is 4.90 Å². The zero-order valence-electron chi connectivity index (χ0n) is 25.1. The number of sulfone groups is 1. The van der Waals surface area contributed by atoms with Crippen LogP contribution < -0.4 is 19.9 Å². The molecule has 0 saturated carbocycles. The highest BCUT2D eigenvalue weighted by Crippen LogP contribution is 2.50. The van der Waals surface area contributed by atoms with Gasteiger partial charge in [0.05, 0.1) is 16.6 Å². The van der Waals surface area contributed by atoms with Crippen LogP contribution in [0.5, 0.6) is 17.2 Å². The molecule has 2 N–H and O–H groups in total. The number of alkyl halides is 3. The minimum absolute atomic E-state index is 0.0122. The number of hydrogen-bond donors (Lipinski definition) is 1. The molecule has 2 aliphatic rings. The van der Waals surface area contributed by atoms with Crippen molar-refractivity contribution in [2.45, 2.75) is 74.9 Å². The van der Waals surface area contributed by atoms with Gasteiger partial charge in [-0.15, -0.1) is 0 Å². The van der Waals surface area contributed by atoms with Crippen LogP contribution in [0.15, 0.2) is 71.6 Å². The lowest BCUT2D eigenvalue weighted by molar-refractivity contribution is -0.137. The van der Waals surface area contributed by atoms with Gasteiger partial charge in [0.25, 0.3) is 0 Å². The van der Waals surface area contributed by atoms with E-state index in [1.165, 1.54) is 24.3 Å². The van der Waals surface area contributed by atoms with Crippen LogP contribution in [0.1, 0.15) is 50.8 Å². The molecule has 0 bridgehead atoms. The fourth-order valence-electron chi connectivity index (χ4n) is 5.99. The third-order valence-corrected chi connectivity index (χ3v) is 10.5. The summed E-state index contributed by atoms with van der Waals surface area (Å²) in [6.45, 7) is 7.69. The number of ether oxygens (including phenoxy) is 4. The predicted molar refractivity (Wildman–Crippen MR) is 158 cm³/mol. The largest absolute Gasteiger partial charge is 0.489 e. The Morgan fingerprint density at radius 1 is 0.977 bits per heavy atom. The molecular formula is C32H37F3N2O6S. The van der Waals surface area contributed by atoms with E-state index in [4.69, 9.17) is 24.7 Å². The lowest BCUT2D eigenvalue weighted by Gasteiger charge is -2.42. The van der Waals surface area contributed by atoms with Crippen LogP contribution in [0.2, 0.25) is 0 Å². The molecule has 3 aromatic carbocycles. The summed E-state index contributed by atoms with van der Waals surface area (Å²) in [7, 11) is -4.14. The normalized spacial score (nSPS) is 21.6. The van der Waals surface area contributed by atoms with E-state index >= 15 is 0 Å². The zero-order valence-corrected chi connectivity index (χ0v) is 25.9. The highest BCUT2D eigenvalue weighted by atomic mass is 32.2. The van der Waals surface area contributed by atoms with Crippen LogP contribution >= 0.6 is 0 Å². The number of rotatable bonds is 10. The van der Waals surface area contributed by atoms with E-state index in [1.807, 2.05) is 27.7 Å². The minimum Gasteiger partial charge on any atom is -0.489 e. The average Bonchev–Trinajstić information content (AvgIpc) is 3.51. The van der Waals surface area contributed by atoms with Crippen LogP contribution in [0.4, 0.5) is 13.2 Å². The van der Waals surface area contributed by atoms with E-state index in [2.05, 4.69) is 0 Å². The Balaban J connectivity index is 1.47. The Kier molecular flexibility index (Phi) is 8.67. The smallest absolute Gasteiger partial charge is 0.416 e. The summed E-state index contributed by atoms with van der Waals surface area (Å²) in [4.78, 5) is 0.236. The maximum absolute atomic E-state index is 14.9. The minimum atomic E-state index is -4.41. The fraction of sp³-hybridized carbons (Fsp3) is 0.438. The van der Waals surface area contributed by atoms with E-state index < -0.39 is 38.3 Å². The lowest BCUT2D eigenvalue weighted by Crippen LogP contribution is -2.62. The maximum atomic E-state index is 14.9. The molecule has 0 spiro atoms. The van der Waals surface area contributed by atoms with Gasteiger partial charge in [-0.05, 0) is 73.7 Å². The second-order valence-electron chi connectivity index (χ2n) is 12.0. The third kappa shape index (κ3) is 6.00. The van der Waals surface area contributed by atoms with Crippen molar-refractivity contribution in [3.8, 4) is 17.2 Å². The van der Waals surface area contributed by atoms with E-state index in [0.717, 1.165) is 12.1 Å². The predicted octanol–water partition coefficient (Wildman–Crippen LogP) is 6.13. The number of hydrogen-bond acceptors (Lipinski definition) is 8. The van der Waals surface area contributed by atoms with Crippen molar-refractivity contribution < 1.29 is 40.5 Å². The average molecular weight is 635 g/mol. The van der Waals surface area contributed by atoms with Crippen molar-refractivity contribution in [3.05, 3.63) is 83.4 Å². The van der Waals surface area contributed by atoms with Gasteiger partial charge in [-0.25, -0.2) is 13.3 Å². The van der Waals surface area contributed by atoms with Gasteiger partial charge in [0.2, 0.25) is 16.6 Å². The first-order valence-corrected chi connectivity index (χ1v) is 15.8. The molecule has 3 aromatic rings. The van der Waals surface area contributed by atoms with E-state index in [0.29, 0.717) is 34.8 Å². The summed E-state index contributed by atoms with van der Waals surface area (Å²) in [5.74, 6) is 1.44. The van der Waals surface area contributed by atoms with Crippen molar-refractivity contribution in [3.63, 3.8) is 0 Å². The monoisotopic (exact) mass is 634 g/mol. The summed E-state index contributed by atoms with van der Waals surface area (Å²) in [5, 5.41) is 0. The molecule has 2 atom stereocenters. The van der Waals surface area contributed by atoms with Gasteiger partial charge < -0.3 is 24.7 Å². The van der Waals surface area contributed by atoms with Crippen LogP contribution in [-0.4, -0.2) is 43.5 Å². The number of halogens is 3. The van der Waals surface area contributed by atoms with Gasteiger partial charge in [-0.1, -0.05) is 38.1 Å². The molecular weight excluding hydrogens is 597 g/mol. The molecule has 5 rings (SSSR count). The van der Waals surface area contributed by atoms with E-state index in [-0.39, 0.29) is 37.3 Å². The van der Waals surface area contributed by atoms with Crippen molar-refractivity contribution in [1.29, 1.82) is 0 Å². The Morgan fingerprint density at radius 2 is 1.61 bits per heavy atom. The number of nitrogens with two attached hydrogens (primary N) is 1. The molecule has 1 fully saturated rings. The molecule has 44 heavy (non-hydrogen) atoms. The summed E-state index contributed by atoms with van der Waals surface area (Å²) < 4.78 is 91.6.